The number of nitrogens with zero attached hydrogens (tertiary/aromatic N) is 2. The van der Waals surface area contributed by atoms with Gasteiger partial charge in [-0.3, -0.25) is 33.6 Å². The van der Waals surface area contributed by atoms with Crippen LogP contribution in [0, 0.1) is 0 Å². The first-order chi connectivity index (χ1) is 17.6. The number of likely N-dealkylation sites (N-methyl/N-ethyl adjacent to an activating group) is 1. The van der Waals surface area contributed by atoms with E-state index in [0.717, 1.165) is 46.4 Å². The topological polar surface area (TPSA) is 172 Å². The second kappa shape index (κ2) is 14.5. The molecule has 15 heteroatoms. The number of ether oxygens (including phenoxy) is 5. The lowest BCUT2D eigenvalue weighted by Gasteiger charge is -2.39. The second-order valence-electron chi connectivity index (χ2n) is 8.57. The lowest BCUT2D eigenvalue weighted by atomic mass is 10.0. The monoisotopic (exact) mass is 562 g/mol. The van der Waals surface area contributed by atoms with Gasteiger partial charge in [0.2, 0.25) is 11.8 Å². The van der Waals surface area contributed by atoms with Gasteiger partial charge in [-0.25, -0.2) is 0 Å². The van der Waals surface area contributed by atoms with Gasteiger partial charge in [-0.1, -0.05) is 0 Å². The molecule has 0 saturated carbocycles. The molecule has 0 aromatic carbocycles. The standard InChI is InChI=1S/C23H34N2O12S/c1-11(26)25-17(22(32)24(7)8)10-38-23(25)21(37-16(6)31)20(36-15(5)30)19(35-14(4)29)18(34-13(3)28)9-33-12(2)27/h17-21,23H,9-10H2,1-8H3/t17-,18+,19-,20-,21+,23+/m0/s1. The summed E-state index contributed by atoms with van der Waals surface area (Å²) < 4.78 is 26.6. The van der Waals surface area contributed by atoms with Crippen LogP contribution in [0.25, 0.3) is 0 Å². The average molecular weight is 563 g/mol. The Hall–Kier alpha value is -3.36. The van der Waals surface area contributed by atoms with Crippen LogP contribution in [-0.4, -0.2) is 114 Å². The molecular weight excluding hydrogens is 528 g/mol. The SMILES string of the molecule is CC(=O)OC[C@@H](OC(C)=O)[C@H](OC(C)=O)[C@H](OC(C)=O)[C@@H](OC(C)=O)[C@H]1SC[C@@H](C(=O)N(C)C)N1C(C)=O. The first-order valence-electron chi connectivity index (χ1n) is 11.5. The number of rotatable bonds is 11. The Bertz CT molecular complexity index is 939. The van der Waals surface area contributed by atoms with E-state index in [9.17, 15) is 33.6 Å². The van der Waals surface area contributed by atoms with Gasteiger partial charge in [0, 0.05) is 61.4 Å². The van der Waals surface area contributed by atoms with Gasteiger partial charge in [0.1, 0.15) is 18.0 Å². The van der Waals surface area contributed by atoms with Crippen molar-refractivity contribution in [2.75, 3.05) is 26.5 Å². The fourth-order valence-corrected chi connectivity index (χ4v) is 5.35. The summed E-state index contributed by atoms with van der Waals surface area (Å²) in [7, 11) is 3.03. The van der Waals surface area contributed by atoms with Crippen LogP contribution in [0.2, 0.25) is 0 Å². The molecule has 0 aromatic heterocycles. The summed E-state index contributed by atoms with van der Waals surface area (Å²) in [6, 6.07) is -0.939. The first-order valence-corrected chi connectivity index (χ1v) is 12.6. The summed E-state index contributed by atoms with van der Waals surface area (Å²) in [5.41, 5.74) is 0. The minimum absolute atomic E-state index is 0.116. The molecule has 0 bridgehead atoms. The number of esters is 5. The molecule has 0 N–H and O–H groups in total. The van der Waals surface area contributed by atoms with E-state index >= 15 is 0 Å². The molecule has 0 spiro atoms. The second-order valence-corrected chi connectivity index (χ2v) is 9.72. The predicted octanol–water partition coefficient (Wildman–Crippen LogP) is -0.345. The smallest absolute Gasteiger partial charge is 0.303 e. The van der Waals surface area contributed by atoms with Gasteiger partial charge < -0.3 is 33.5 Å². The van der Waals surface area contributed by atoms with Crippen LogP contribution >= 0.6 is 11.8 Å². The predicted molar refractivity (Wildman–Crippen MR) is 130 cm³/mol. The van der Waals surface area contributed by atoms with Crippen LogP contribution < -0.4 is 0 Å². The van der Waals surface area contributed by atoms with Gasteiger partial charge in [-0.05, 0) is 0 Å². The van der Waals surface area contributed by atoms with E-state index < -0.39 is 84.1 Å². The Morgan fingerprint density at radius 1 is 0.763 bits per heavy atom. The lowest BCUT2D eigenvalue weighted by molar-refractivity contribution is -0.205. The van der Waals surface area contributed by atoms with Gasteiger partial charge in [-0.2, -0.15) is 0 Å². The van der Waals surface area contributed by atoms with Crippen LogP contribution in [0.4, 0.5) is 0 Å². The summed E-state index contributed by atoms with van der Waals surface area (Å²) in [5.74, 6) is -5.04. The van der Waals surface area contributed by atoms with Crippen molar-refractivity contribution in [1.29, 1.82) is 0 Å². The van der Waals surface area contributed by atoms with Crippen molar-refractivity contribution in [3.63, 3.8) is 0 Å². The summed E-state index contributed by atoms with van der Waals surface area (Å²) in [4.78, 5) is 87.8. The van der Waals surface area contributed by atoms with E-state index in [1.807, 2.05) is 0 Å². The highest BCUT2D eigenvalue weighted by Gasteiger charge is 2.53. The number of amides is 2. The van der Waals surface area contributed by atoms with Crippen LogP contribution in [0.5, 0.6) is 0 Å². The Balaban J connectivity index is 3.72. The lowest BCUT2D eigenvalue weighted by Crippen LogP contribution is -2.59. The van der Waals surface area contributed by atoms with Crippen molar-refractivity contribution in [3.05, 3.63) is 0 Å². The zero-order valence-electron chi connectivity index (χ0n) is 22.6. The van der Waals surface area contributed by atoms with Crippen molar-refractivity contribution < 1.29 is 57.2 Å². The van der Waals surface area contributed by atoms with Crippen LogP contribution in [0.1, 0.15) is 41.5 Å². The van der Waals surface area contributed by atoms with Crippen molar-refractivity contribution in [2.24, 2.45) is 0 Å². The average Bonchev–Trinajstić information content (AvgIpc) is 3.21. The van der Waals surface area contributed by atoms with E-state index in [-0.39, 0.29) is 5.75 Å². The Morgan fingerprint density at radius 3 is 1.68 bits per heavy atom. The van der Waals surface area contributed by atoms with Gasteiger partial charge >= 0.3 is 29.8 Å². The third kappa shape index (κ3) is 9.50. The first kappa shape index (κ1) is 32.7. The Morgan fingerprint density at radius 2 is 1.26 bits per heavy atom. The normalized spacial score (nSPS) is 19.7. The third-order valence-electron chi connectivity index (χ3n) is 5.09. The fourth-order valence-electron chi connectivity index (χ4n) is 3.81. The number of thioether (sulfide) groups is 1. The molecule has 1 saturated heterocycles. The zero-order chi connectivity index (χ0) is 29.3. The molecule has 14 nitrogen and oxygen atoms in total. The zero-order valence-corrected chi connectivity index (χ0v) is 23.4. The molecule has 214 valence electrons. The molecule has 1 heterocycles. The minimum Gasteiger partial charge on any atom is -0.462 e. The molecule has 1 rings (SSSR count). The molecule has 0 aromatic rings. The number of carbonyl (C=O) groups excluding carboxylic acids is 7. The molecule has 2 amide bonds. The van der Waals surface area contributed by atoms with Crippen molar-refractivity contribution >= 4 is 53.4 Å². The van der Waals surface area contributed by atoms with Crippen LogP contribution in [0.15, 0.2) is 0 Å². The van der Waals surface area contributed by atoms with Gasteiger partial charge in [0.15, 0.2) is 24.4 Å². The Labute approximate surface area is 224 Å². The van der Waals surface area contributed by atoms with Crippen LogP contribution in [0.3, 0.4) is 0 Å². The molecule has 0 aliphatic carbocycles. The molecule has 38 heavy (non-hydrogen) atoms. The summed E-state index contributed by atoms with van der Waals surface area (Å²) in [6.07, 6.45) is -6.32. The number of carbonyl (C=O) groups is 7. The highest BCUT2D eigenvalue weighted by molar-refractivity contribution is 8.00. The van der Waals surface area contributed by atoms with Crippen molar-refractivity contribution in [1.82, 2.24) is 9.80 Å². The van der Waals surface area contributed by atoms with E-state index in [1.165, 1.54) is 30.8 Å². The van der Waals surface area contributed by atoms with E-state index in [1.54, 1.807) is 0 Å². The summed E-state index contributed by atoms with van der Waals surface area (Å²) in [5, 5.41) is -1.08. The van der Waals surface area contributed by atoms with Crippen molar-refractivity contribution in [2.45, 2.75) is 77.4 Å². The molecule has 1 aliphatic heterocycles. The minimum atomic E-state index is -1.66. The van der Waals surface area contributed by atoms with E-state index in [4.69, 9.17) is 23.7 Å². The molecule has 6 atom stereocenters. The maximum atomic E-state index is 12.8. The summed E-state index contributed by atoms with van der Waals surface area (Å²) >= 11 is 1.07. The van der Waals surface area contributed by atoms with Gasteiger partial charge in [-0.15, -0.1) is 11.8 Å². The van der Waals surface area contributed by atoms with Crippen molar-refractivity contribution in [3.8, 4) is 0 Å². The third-order valence-corrected chi connectivity index (χ3v) is 6.44. The van der Waals surface area contributed by atoms with Gasteiger partial charge in [0.25, 0.3) is 0 Å². The Kier molecular flexibility index (Phi) is 12.5. The van der Waals surface area contributed by atoms with Crippen LogP contribution in [-0.2, 0) is 57.2 Å². The largest absolute Gasteiger partial charge is 0.462 e. The van der Waals surface area contributed by atoms with Gasteiger partial charge in [0.05, 0.1) is 0 Å². The quantitative estimate of drug-likeness (QED) is 0.237. The summed E-state index contributed by atoms with van der Waals surface area (Å²) in [6.45, 7) is 5.91. The molecule has 0 unspecified atom stereocenters. The van der Waals surface area contributed by atoms with E-state index in [2.05, 4.69) is 0 Å². The maximum Gasteiger partial charge on any atom is 0.303 e. The van der Waals surface area contributed by atoms with E-state index in [0.29, 0.717) is 0 Å². The molecule has 1 fully saturated rings. The maximum absolute atomic E-state index is 12.8. The molecule has 1 aliphatic rings. The highest BCUT2D eigenvalue weighted by atomic mass is 32.2. The number of hydrogen-bond donors (Lipinski definition) is 0. The molecular formula is C23H34N2O12S. The fraction of sp³-hybridized carbons (Fsp3) is 0.696. The highest BCUT2D eigenvalue weighted by Crippen LogP contribution is 2.37. The number of hydrogen-bond acceptors (Lipinski definition) is 13. The molecule has 0 radical (unpaired) electrons.